The third kappa shape index (κ3) is 8.03. The van der Waals surface area contributed by atoms with Crippen molar-refractivity contribution in [3.8, 4) is 0 Å². The lowest BCUT2D eigenvalue weighted by Gasteiger charge is -2.02. The summed E-state index contributed by atoms with van der Waals surface area (Å²) in [6.07, 6.45) is 4.96. The lowest BCUT2D eigenvalue weighted by atomic mass is 10.1. The predicted octanol–water partition coefficient (Wildman–Crippen LogP) is 2.53. The minimum atomic E-state index is -0.775. The SMILES string of the molecule is CCCOC(=O)/C(C)=C/CCCCC(=O)O. The maximum absolute atomic E-state index is 11.3. The largest absolute Gasteiger partial charge is 0.481 e. The molecule has 0 fully saturated rings. The summed E-state index contributed by atoms with van der Waals surface area (Å²) in [6.45, 7) is 4.11. The average molecular weight is 228 g/mol. The average Bonchev–Trinajstić information content (AvgIpc) is 2.24. The first-order valence-electron chi connectivity index (χ1n) is 5.63. The molecular weight excluding hydrogens is 208 g/mol. The van der Waals surface area contributed by atoms with E-state index in [4.69, 9.17) is 9.84 Å². The highest BCUT2D eigenvalue weighted by Gasteiger charge is 2.03. The van der Waals surface area contributed by atoms with Crippen molar-refractivity contribution in [2.45, 2.75) is 46.0 Å². The number of unbranched alkanes of at least 4 members (excludes halogenated alkanes) is 2. The fourth-order valence-electron chi connectivity index (χ4n) is 1.13. The summed E-state index contributed by atoms with van der Waals surface area (Å²) >= 11 is 0. The molecule has 0 saturated carbocycles. The molecule has 0 saturated heterocycles. The van der Waals surface area contributed by atoms with Crippen LogP contribution >= 0.6 is 0 Å². The van der Waals surface area contributed by atoms with Crippen LogP contribution in [-0.2, 0) is 14.3 Å². The molecule has 0 atom stereocenters. The van der Waals surface area contributed by atoms with E-state index in [2.05, 4.69) is 0 Å². The summed E-state index contributed by atoms with van der Waals surface area (Å²) in [6, 6.07) is 0. The highest BCUT2D eigenvalue weighted by Crippen LogP contribution is 2.05. The summed E-state index contributed by atoms with van der Waals surface area (Å²) in [4.78, 5) is 21.5. The van der Waals surface area contributed by atoms with Crippen LogP contribution in [-0.4, -0.2) is 23.7 Å². The van der Waals surface area contributed by atoms with Crippen molar-refractivity contribution in [1.82, 2.24) is 0 Å². The number of rotatable bonds is 8. The van der Waals surface area contributed by atoms with Gasteiger partial charge in [0.1, 0.15) is 0 Å². The smallest absolute Gasteiger partial charge is 0.333 e. The van der Waals surface area contributed by atoms with E-state index >= 15 is 0 Å². The van der Waals surface area contributed by atoms with E-state index in [0.29, 0.717) is 18.6 Å². The van der Waals surface area contributed by atoms with E-state index in [-0.39, 0.29) is 12.4 Å². The second-order valence-corrected chi connectivity index (χ2v) is 3.66. The zero-order valence-electron chi connectivity index (χ0n) is 9.99. The summed E-state index contributed by atoms with van der Waals surface area (Å²) in [5.41, 5.74) is 0.601. The van der Waals surface area contributed by atoms with E-state index < -0.39 is 5.97 Å². The summed E-state index contributed by atoms with van der Waals surface area (Å²) in [5.74, 6) is -1.05. The highest BCUT2D eigenvalue weighted by molar-refractivity contribution is 5.87. The fourth-order valence-corrected chi connectivity index (χ4v) is 1.13. The first-order valence-corrected chi connectivity index (χ1v) is 5.63. The molecule has 0 amide bonds. The minimum absolute atomic E-state index is 0.188. The van der Waals surface area contributed by atoms with Crippen molar-refractivity contribution < 1.29 is 19.4 Å². The molecule has 1 N–H and O–H groups in total. The van der Waals surface area contributed by atoms with Crippen molar-refractivity contribution in [2.24, 2.45) is 0 Å². The highest BCUT2D eigenvalue weighted by atomic mass is 16.5. The molecule has 0 aromatic heterocycles. The van der Waals surface area contributed by atoms with Crippen LogP contribution in [0.15, 0.2) is 11.6 Å². The number of esters is 1. The van der Waals surface area contributed by atoms with Crippen LogP contribution in [0.2, 0.25) is 0 Å². The molecule has 0 rings (SSSR count). The van der Waals surface area contributed by atoms with Gasteiger partial charge in [0.15, 0.2) is 0 Å². The van der Waals surface area contributed by atoms with Gasteiger partial charge in [-0.15, -0.1) is 0 Å². The predicted molar refractivity (Wildman–Crippen MR) is 61.1 cm³/mol. The number of carbonyl (C=O) groups excluding carboxylic acids is 1. The second-order valence-electron chi connectivity index (χ2n) is 3.66. The molecule has 0 radical (unpaired) electrons. The first kappa shape index (κ1) is 14.7. The summed E-state index contributed by atoms with van der Waals surface area (Å²) < 4.78 is 4.95. The number of carboxylic acid groups (broad SMARTS) is 1. The Bertz CT molecular complexity index is 256. The summed E-state index contributed by atoms with van der Waals surface area (Å²) in [7, 11) is 0. The van der Waals surface area contributed by atoms with Crippen LogP contribution in [0.5, 0.6) is 0 Å². The van der Waals surface area contributed by atoms with Crippen LogP contribution in [0.4, 0.5) is 0 Å². The number of ether oxygens (including phenoxy) is 1. The Labute approximate surface area is 96.3 Å². The number of hydrogen-bond acceptors (Lipinski definition) is 3. The van der Waals surface area contributed by atoms with Gasteiger partial charge in [-0.25, -0.2) is 4.79 Å². The quantitative estimate of drug-likeness (QED) is 0.394. The monoisotopic (exact) mass is 228 g/mol. The Balaban J connectivity index is 3.69. The zero-order valence-corrected chi connectivity index (χ0v) is 9.99. The van der Waals surface area contributed by atoms with Crippen LogP contribution < -0.4 is 0 Å². The third-order valence-corrected chi connectivity index (χ3v) is 2.05. The second kappa shape index (κ2) is 8.95. The summed E-state index contributed by atoms with van der Waals surface area (Å²) in [5, 5.41) is 8.42. The van der Waals surface area contributed by atoms with Crippen LogP contribution in [0.25, 0.3) is 0 Å². The van der Waals surface area contributed by atoms with Gasteiger partial charge in [-0.2, -0.15) is 0 Å². The lowest BCUT2D eigenvalue weighted by Crippen LogP contribution is -2.06. The normalized spacial score (nSPS) is 11.2. The van der Waals surface area contributed by atoms with Gasteiger partial charge in [-0.3, -0.25) is 4.79 Å². The van der Waals surface area contributed by atoms with Gasteiger partial charge in [-0.05, 0) is 32.6 Å². The van der Waals surface area contributed by atoms with E-state index in [9.17, 15) is 9.59 Å². The minimum Gasteiger partial charge on any atom is -0.481 e. The Morgan fingerprint density at radius 3 is 2.56 bits per heavy atom. The van der Waals surface area contributed by atoms with E-state index in [1.165, 1.54) is 0 Å². The third-order valence-electron chi connectivity index (χ3n) is 2.05. The number of carbonyl (C=O) groups is 2. The first-order chi connectivity index (χ1) is 7.57. The number of aliphatic carboxylic acids is 1. The van der Waals surface area contributed by atoms with Crippen molar-refractivity contribution >= 4 is 11.9 Å². The molecule has 0 aliphatic carbocycles. The molecule has 0 aliphatic rings. The van der Waals surface area contributed by atoms with Gasteiger partial charge in [0.25, 0.3) is 0 Å². The van der Waals surface area contributed by atoms with E-state index in [1.54, 1.807) is 13.0 Å². The van der Waals surface area contributed by atoms with Crippen LogP contribution in [0.1, 0.15) is 46.0 Å². The molecule has 92 valence electrons. The maximum atomic E-state index is 11.3. The molecule has 16 heavy (non-hydrogen) atoms. The van der Waals surface area contributed by atoms with Crippen LogP contribution in [0, 0.1) is 0 Å². The van der Waals surface area contributed by atoms with Crippen molar-refractivity contribution in [3.05, 3.63) is 11.6 Å². The molecular formula is C12H20O4. The molecule has 0 aliphatic heterocycles. The van der Waals surface area contributed by atoms with Gasteiger partial charge in [-0.1, -0.05) is 13.0 Å². The standard InChI is InChI=1S/C12H20O4/c1-3-9-16-12(15)10(2)7-5-4-6-8-11(13)14/h7H,3-6,8-9H2,1-2H3,(H,13,14)/b10-7+. The Morgan fingerprint density at radius 2 is 2.00 bits per heavy atom. The zero-order chi connectivity index (χ0) is 12.4. The van der Waals surface area contributed by atoms with Crippen molar-refractivity contribution in [2.75, 3.05) is 6.61 Å². The number of allylic oxidation sites excluding steroid dienone is 1. The van der Waals surface area contributed by atoms with Crippen LogP contribution in [0.3, 0.4) is 0 Å². The fraction of sp³-hybridized carbons (Fsp3) is 0.667. The topological polar surface area (TPSA) is 63.6 Å². The Morgan fingerprint density at radius 1 is 1.31 bits per heavy atom. The maximum Gasteiger partial charge on any atom is 0.333 e. The molecule has 4 heteroatoms. The molecule has 0 unspecified atom stereocenters. The molecule has 0 bridgehead atoms. The van der Waals surface area contributed by atoms with Gasteiger partial charge in [0, 0.05) is 12.0 Å². The molecule has 0 heterocycles. The number of carboxylic acids is 1. The molecule has 0 aromatic carbocycles. The molecule has 0 aromatic rings. The van der Waals surface area contributed by atoms with Gasteiger partial charge >= 0.3 is 11.9 Å². The van der Waals surface area contributed by atoms with Gasteiger partial charge in [0.2, 0.25) is 0 Å². The van der Waals surface area contributed by atoms with E-state index in [0.717, 1.165) is 19.3 Å². The van der Waals surface area contributed by atoms with Gasteiger partial charge in [0.05, 0.1) is 6.61 Å². The molecule has 4 nitrogen and oxygen atoms in total. The Hall–Kier alpha value is -1.32. The van der Waals surface area contributed by atoms with E-state index in [1.807, 2.05) is 6.92 Å². The molecule has 0 spiro atoms. The lowest BCUT2D eigenvalue weighted by molar-refractivity contribution is -0.139. The Kier molecular flexibility index (Phi) is 8.21. The number of hydrogen-bond donors (Lipinski definition) is 1. The van der Waals surface area contributed by atoms with Crippen molar-refractivity contribution in [3.63, 3.8) is 0 Å². The van der Waals surface area contributed by atoms with Crippen molar-refractivity contribution in [1.29, 1.82) is 0 Å². The van der Waals surface area contributed by atoms with Gasteiger partial charge < -0.3 is 9.84 Å².